The molecular formula is C54H73FN8O7. The van der Waals surface area contributed by atoms with Gasteiger partial charge in [-0.15, -0.1) is 0 Å². The van der Waals surface area contributed by atoms with Gasteiger partial charge in [0.15, 0.2) is 0 Å². The first-order valence-electron chi connectivity index (χ1n) is 25.1. The van der Waals surface area contributed by atoms with Crippen molar-refractivity contribution in [2.24, 2.45) is 11.3 Å². The number of likely N-dealkylation sites (N-methyl/N-ethyl adjacent to an activating group) is 2. The molecule has 0 spiro atoms. The smallest absolute Gasteiger partial charge is 0.246 e. The first-order valence-corrected chi connectivity index (χ1v) is 25.1. The Balaban J connectivity index is 1.22. The van der Waals surface area contributed by atoms with E-state index in [9.17, 15) is 28.4 Å². The molecule has 3 heterocycles. The van der Waals surface area contributed by atoms with E-state index < -0.39 is 65.3 Å². The molecule has 1 aliphatic carbocycles. The standard InChI is InChI=1S/C54H73FN8O7/c1-31(40-16-11-12-18-42(40)55)58-50(66)44-27-37-21-20-36(26-38(37)29-62(44)52(68)46(35-22-24-70-25-23-35)60-48(64)32(2)56-7)39-28-45(51(67)59-43-19-13-15-34-14-9-10-17-41(34)43)63(30-39)53(69)47(54(4,5)6)61-49(65)33(3)57-8/h9-12,14,16-18,20-21,26,31-33,35,39,43-47,56-57H,13,15,19,22-25,27-30H2,1-8H3,(H,58,66)(H,59,67)(H,60,64)(H,61,65)/t31-,32+,33+,39+,43-,44+,45+,46+,47-/m1/s1. The predicted molar refractivity (Wildman–Crippen MR) is 264 cm³/mol. The van der Waals surface area contributed by atoms with E-state index in [2.05, 4.69) is 44.0 Å². The number of aryl methyl sites for hydroxylation is 1. The van der Waals surface area contributed by atoms with Gasteiger partial charge in [-0.2, -0.15) is 0 Å². The van der Waals surface area contributed by atoms with Crippen molar-refractivity contribution in [3.63, 3.8) is 0 Å². The van der Waals surface area contributed by atoms with E-state index in [1.54, 1.807) is 62.9 Å². The number of amides is 6. The molecule has 0 radical (unpaired) electrons. The molecule has 7 rings (SSSR count). The number of rotatable bonds is 15. The Hall–Kier alpha value is -5.71. The Morgan fingerprint density at radius 3 is 2.09 bits per heavy atom. The molecule has 70 heavy (non-hydrogen) atoms. The molecule has 16 heteroatoms. The van der Waals surface area contributed by atoms with Crippen LogP contribution in [0.4, 0.5) is 4.39 Å². The molecule has 378 valence electrons. The first kappa shape index (κ1) is 52.1. The average molecular weight is 965 g/mol. The van der Waals surface area contributed by atoms with Crippen LogP contribution in [0, 0.1) is 17.2 Å². The topological polar surface area (TPSA) is 190 Å². The lowest BCUT2D eigenvalue weighted by atomic mass is 9.85. The van der Waals surface area contributed by atoms with Crippen LogP contribution in [0.25, 0.3) is 0 Å². The zero-order valence-corrected chi connectivity index (χ0v) is 42.0. The highest BCUT2D eigenvalue weighted by molar-refractivity contribution is 5.95. The molecule has 0 saturated carbocycles. The summed E-state index contributed by atoms with van der Waals surface area (Å²) in [6, 6.07) is 14.5. The second-order valence-corrected chi connectivity index (χ2v) is 20.8. The summed E-state index contributed by atoms with van der Waals surface area (Å²) in [6.07, 6.45) is 4.14. The minimum atomic E-state index is -0.992. The second-order valence-electron chi connectivity index (χ2n) is 20.8. The molecular weight excluding hydrogens is 892 g/mol. The Morgan fingerprint density at radius 2 is 1.40 bits per heavy atom. The summed E-state index contributed by atoms with van der Waals surface area (Å²) in [6.45, 7) is 11.9. The number of nitrogens with zero attached hydrogens (tertiary/aromatic N) is 2. The van der Waals surface area contributed by atoms with Gasteiger partial charge in [0.25, 0.3) is 0 Å². The summed E-state index contributed by atoms with van der Waals surface area (Å²) >= 11 is 0. The van der Waals surface area contributed by atoms with Crippen molar-refractivity contribution in [2.75, 3.05) is 33.9 Å². The van der Waals surface area contributed by atoms with Crippen LogP contribution in [0.15, 0.2) is 66.7 Å². The number of carbonyl (C=O) groups is 6. The van der Waals surface area contributed by atoms with Crippen LogP contribution in [-0.4, -0.2) is 115 Å². The molecule has 0 bridgehead atoms. The zero-order valence-electron chi connectivity index (χ0n) is 42.0. The fraction of sp³-hybridized carbons (Fsp3) is 0.556. The van der Waals surface area contributed by atoms with E-state index in [0.717, 1.165) is 41.5 Å². The molecule has 6 amide bonds. The fourth-order valence-electron chi connectivity index (χ4n) is 10.5. The third-order valence-electron chi connectivity index (χ3n) is 15.1. The molecule has 4 aliphatic rings. The van der Waals surface area contributed by atoms with Gasteiger partial charge in [0, 0.05) is 44.2 Å². The van der Waals surface area contributed by atoms with Gasteiger partial charge in [0.2, 0.25) is 35.4 Å². The zero-order chi connectivity index (χ0) is 50.4. The van der Waals surface area contributed by atoms with Crippen LogP contribution < -0.4 is 31.9 Å². The number of nitrogens with one attached hydrogen (secondary N) is 6. The summed E-state index contributed by atoms with van der Waals surface area (Å²) in [5, 5.41) is 18.2. The molecule has 15 nitrogen and oxygen atoms in total. The highest BCUT2D eigenvalue weighted by atomic mass is 19.1. The maximum Gasteiger partial charge on any atom is 0.246 e. The number of likely N-dealkylation sites (tertiary alicyclic amines) is 1. The third kappa shape index (κ3) is 11.7. The predicted octanol–water partition coefficient (Wildman–Crippen LogP) is 4.49. The van der Waals surface area contributed by atoms with Crippen LogP contribution in [0.2, 0.25) is 0 Å². The molecule has 9 atom stereocenters. The number of fused-ring (bicyclic) bond motifs is 2. The van der Waals surface area contributed by atoms with E-state index in [4.69, 9.17) is 4.74 Å². The highest BCUT2D eigenvalue weighted by Crippen LogP contribution is 2.38. The number of benzene rings is 3. The summed E-state index contributed by atoms with van der Waals surface area (Å²) in [5.41, 5.74) is 4.37. The van der Waals surface area contributed by atoms with Gasteiger partial charge in [-0.25, -0.2) is 4.39 Å². The first-order chi connectivity index (χ1) is 33.4. The van der Waals surface area contributed by atoms with E-state index in [-0.39, 0.29) is 61.0 Å². The normalized spacial score (nSPS) is 22.6. The molecule has 2 saturated heterocycles. The molecule has 3 aromatic rings. The lowest BCUT2D eigenvalue weighted by Crippen LogP contribution is -2.61. The number of halogens is 1. The van der Waals surface area contributed by atoms with Crippen LogP contribution in [0.5, 0.6) is 0 Å². The van der Waals surface area contributed by atoms with Crippen molar-refractivity contribution in [1.29, 1.82) is 0 Å². The number of hydrogen-bond acceptors (Lipinski definition) is 9. The largest absolute Gasteiger partial charge is 0.381 e. The maximum absolute atomic E-state index is 15.2. The molecule has 6 N–H and O–H groups in total. The third-order valence-corrected chi connectivity index (χ3v) is 15.1. The van der Waals surface area contributed by atoms with Crippen molar-refractivity contribution >= 4 is 35.4 Å². The van der Waals surface area contributed by atoms with Gasteiger partial charge in [-0.1, -0.05) is 81.4 Å². The number of hydrogen-bond donors (Lipinski definition) is 6. The minimum Gasteiger partial charge on any atom is -0.381 e. The van der Waals surface area contributed by atoms with Gasteiger partial charge >= 0.3 is 0 Å². The number of carbonyl (C=O) groups excluding carboxylic acids is 6. The van der Waals surface area contributed by atoms with E-state index in [0.29, 0.717) is 38.0 Å². The minimum absolute atomic E-state index is 0.0352. The van der Waals surface area contributed by atoms with Crippen molar-refractivity contribution in [2.45, 2.75) is 147 Å². The second kappa shape index (κ2) is 22.6. The molecule has 0 aromatic heterocycles. The van der Waals surface area contributed by atoms with Crippen molar-refractivity contribution in [1.82, 2.24) is 41.7 Å². The van der Waals surface area contributed by atoms with Crippen LogP contribution in [-0.2, 0) is 52.9 Å². The van der Waals surface area contributed by atoms with Crippen LogP contribution in [0.1, 0.15) is 125 Å². The molecule has 2 fully saturated rings. The van der Waals surface area contributed by atoms with Crippen molar-refractivity contribution in [3.8, 4) is 0 Å². The summed E-state index contributed by atoms with van der Waals surface area (Å²) in [4.78, 5) is 89.3. The quantitative estimate of drug-likeness (QED) is 0.128. The Morgan fingerprint density at radius 1 is 0.729 bits per heavy atom. The average Bonchev–Trinajstić information content (AvgIpc) is 3.82. The summed E-state index contributed by atoms with van der Waals surface area (Å²) in [7, 11) is 3.35. The van der Waals surface area contributed by atoms with Crippen molar-refractivity contribution in [3.05, 3.63) is 106 Å². The maximum atomic E-state index is 15.2. The molecule has 3 aliphatic heterocycles. The van der Waals surface area contributed by atoms with Gasteiger partial charge in [-0.3, -0.25) is 28.8 Å². The molecule has 0 unspecified atom stereocenters. The van der Waals surface area contributed by atoms with E-state index in [1.165, 1.54) is 11.6 Å². The van der Waals surface area contributed by atoms with Gasteiger partial charge in [-0.05, 0) is 119 Å². The fourth-order valence-corrected chi connectivity index (χ4v) is 10.5. The Bertz CT molecular complexity index is 2400. The van der Waals surface area contributed by atoms with Gasteiger partial charge in [0.05, 0.1) is 24.2 Å². The number of ether oxygens (including phenoxy) is 1. The monoisotopic (exact) mass is 965 g/mol. The van der Waals surface area contributed by atoms with Crippen LogP contribution in [0.3, 0.4) is 0 Å². The lowest BCUT2D eigenvalue weighted by Gasteiger charge is -2.41. The molecule has 3 aromatic carbocycles. The van der Waals surface area contributed by atoms with E-state index in [1.807, 2.05) is 51.1 Å². The van der Waals surface area contributed by atoms with Gasteiger partial charge < -0.3 is 46.4 Å². The highest BCUT2D eigenvalue weighted by Gasteiger charge is 2.47. The SMILES string of the molecule is CN[C@@H](C)C(=O)N[C@H](C(=O)N1Cc2cc([C@H]3C[C@@H](C(=O)N[C@@H]4CCCc5ccccc54)N(C(=O)[C@@H](NC(=O)[C@H](C)NC)C(C)(C)C)C3)ccc2C[C@H]1C(=O)N[C@H](C)c1ccccc1F)C1CCOCC1. The van der Waals surface area contributed by atoms with Crippen LogP contribution >= 0.6 is 0 Å². The Kier molecular flexibility index (Phi) is 16.8. The summed E-state index contributed by atoms with van der Waals surface area (Å²) in [5.74, 6) is -3.16. The summed E-state index contributed by atoms with van der Waals surface area (Å²) < 4.78 is 20.6. The van der Waals surface area contributed by atoms with E-state index >= 15 is 4.79 Å². The van der Waals surface area contributed by atoms with Crippen molar-refractivity contribution < 1.29 is 37.9 Å². The van der Waals surface area contributed by atoms with Gasteiger partial charge in [0.1, 0.15) is 30.0 Å². The lowest BCUT2D eigenvalue weighted by molar-refractivity contribution is -0.147. The Labute approximate surface area is 412 Å².